The molecule has 1 aromatic carbocycles. The number of amides is 3. The fourth-order valence-electron chi connectivity index (χ4n) is 5.72. The van der Waals surface area contributed by atoms with Crippen LogP contribution in [0.4, 0.5) is 4.79 Å². The van der Waals surface area contributed by atoms with Crippen LogP contribution in [-0.4, -0.2) is 87.4 Å². The lowest BCUT2D eigenvalue weighted by molar-refractivity contribution is -0.133. The van der Waals surface area contributed by atoms with Gasteiger partial charge in [-0.25, -0.2) is 9.78 Å². The first-order valence-corrected chi connectivity index (χ1v) is 12.4. The third kappa shape index (κ3) is 4.35. The maximum absolute atomic E-state index is 13.0. The van der Waals surface area contributed by atoms with E-state index in [1.807, 2.05) is 31.7 Å². The summed E-state index contributed by atoms with van der Waals surface area (Å²) >= 11 is 0. The summed E-state index contributed by atoms with van der Waals surface area (Å²) in [5.74, 6) is 1.08. The Balaban J connectivity index is 1.20. The molecule has 2 bridgehead atoms. The summed E-state index contributed by atoms with van der Waals surface area (Å²) in [5.41, 5.74) is 6.63. The second kappa shape index (κ2) is 8.51. The number of aromatic nitrogens is 2. The number of benzene rings is 1. The normalized spacial score (nSPS) is 24.5. The monoisotopic (exact) mass is 482 g/mol. The number of carbonyl (C=O) groups is 3. The molecule has 0 spiro atoms. The average Bonchev–Trinajstić information content (AvgIpc) is 3.46. The number of H-pyrrole nitrogens is 1. The van der Waals surface area contributed by atoms with Crippen molar-refractivity contribution in [2.45, 2.75) is 51.2 Å². The van der Waals surface area contributed by atoms with Gasteiger partial charge < -0.3 is 25.3 Å². The lowest BCUT2D eigenvalue weighted by atomic mass is 9.72. The largest absolute Gasteiger partial charge is 0.444 e. The van der Waals surface area contributed by atoms with Gasteiger partial charge in [0, 0.05) is 45.7 Å². The second-order valence-corrected chi connectivity index (χ2v) is 11.0. The van der Waals surface area contributed by atoms with Crippen molar-refractivity contribution in [2.24, 2.45) is 11.7 Å². The Bertz CT molecular complexity index is 1150. The van der Waals surface area contributed by atoms with Crippen LogP contribution < -0.4 is 5.73 Å². The summed E-state index contributed by atoms with van der Waals surface area (Å²) in [5, 5.41) is 0. The van der Waals surface area contributed by atoms with E-state index >= 15 is 0 Å². The van der Waals surface area contributed by atoms with Crippen LogP contribution in [0.3, 0.4) is 0 Å². The van der Waals surface area contributed by atoms with Gasteiger partial charge in [0.15, 0.2) is 0 Å². The topological polar surface area (TPSA) is 125 Å². The molecule has 3 amide bonds. The highest BCUT2D eigenvalue weighted by Crippen LogP contribution is 2.56. The fourth-order valence-corrected chi connectivity index (χ4v) is 5.72. The van der Waals surface area contributed by atoms with Gasteiger partial charge in [0.2, 0.25) is 5.91 Å². The van der Waals surface area contributed by atoms with E-state index in [4.69, 9.17) is 15.5 Å². The zero-order valence-electron chi connectivity index (χ0n) is 20.7. The first-order valence-electron chi connectivity index (χ1n) is 12.4. The highest BCUT2D eigenvalue weighted by molar-refractivity contribution is 6.04. The van der Waals surface area contributed by atoms with E-state index < -0.39 is 11.5 Å². The lowest BCUT2D eigenvalue weighted by Crippen LogP contribution is -2.52. The molecule has 0 radical (unpaired) electrons. The summed E-state index contributed by atoms with van der Waals surface area (Å²) in [7, 11) is 0. The van der Waals surface area contributed by atoms with E-state index in [0.717, 1.165) is 30.7 Å². The molecule has 35 heavy (non-hydrogen) atoms. The number of carbonyl (C=O) groups excluding carboxylic acids is 3. The first kappa shape index (κ1) is 23.6. The predicted octanol–water partition coefficient (Wildman–Crippen LogP) is 2.05. The zero-order valence-corrected chi connectivity index (χ0v) is 20.7. The predicted molar refractivity (Wildman–Crippen MR) is 130 cm³/mol. The molecule has 0 unspecified atom stereocenters. The molecule has 10 heteroatoms. The van der Waals surface area contributed by atoms with Crippen molar-refractivity contribution < 1.29 is 19.1 Å². The van der Waals surface area contributed by atoms with Gasteiger partial charge in [-0.05, 0) is 51.7 Å². The Morgan fingerprint density at radius 3 is 2.49 bits per heavy atom. The molecule has 3 N–H and O–H groups in total. The van der Waals surface area contributed by atoms with E-state index in [0.29, 0.717) is 56.1 Å². The lowest BCUT2D eigenvalue weighted by Gasteiger charge is -2.41. The minimum absolute atomic E-state index is 0.105. The van der Waals surface area contributed by atoms with Crippen molar-refractivity contribution in [3.8, 4) is 0 Å². The molecule has 4 aliphatic rings. The molecule has 4 heterocycles. The number of imidazole rings is 1. The van der Waals surface area contributed by atoms with Crippen molar-refractivity contribution in [1.82, 2.24) is 24.7 Å². The third-order valence-corrected chi connectivity index (χ3v) is 7.44. The number of nitrogens with zero attached hydrogens (tertiary/aromatic N) is 4. The van der Waals surface area contributed by atoms with E-state index in [-0.39, 0.29) is 17.5 Å². The number of fused-ring (bicyclic) bond motifs is 2. The SMILES string of the molecule is CC(C)(C)OC(=O)N1CCN(C(=O)CCN2CC3CC2(c2nc4c(C(N)=O)cccc4[nH]2)C3)CC1. The highest BCUT2D eigenvalue weighted by atomic mass is 16.6. The summed E-state index contributed by atoms with van der Waals surface area (Å²) in [6.07, 6.45) is 2.10. The Morgan fingerprint density at radius 1 is 1.14 bits per heavy atom. The number of hydrogen-bond acceptors (Lipinski definition) is 6. The molecular weight excluding hydrogens is 448 g/mol. The second-order valence-electron chi connectivity index (χ2n) is 11.0. The fraction of sp³-hybridized carbons (Fsp3) is 0.600. The number of ether oxygens (including phenoxy) is 1. The molecule has 3 aliphatic heterocycles. The third-order valence-electron chi connectivity index (χ3n) is 7.44. The minimum Gasteiger partial charge on any atom is -0.444 e. The highest BCUT2D eigenvalue weighted by Gasteiger charge is 2.58. The maximum atomic E-state index is 13.0. The molecule has 2 aromatic rings. The number of hydrogen-bond donors (Lipinski definition) is 2. The quantitative estimate of drug-likeness (QED) is 0.672. The molecule has 10 nitrogen and oxygen atoms in total. The van der Waals surface area contributed by atoms with Crippen molar-refractivity contribution in [2.75, 3.05) is 39.3 Å². The van der Waals surface area contributed by atoms with Gasteiger partial charge in [-0.3, -0.25) is 14.5 Å². The molecule has 3 saturated heterocycles. The van der Waals surface area contributed by atoms with Gasteiger partial charge in [0.05, 0.1) is 16.6 Å². The van der Waals surface area contributed by atoms with Crippen LogP contribution in [-0.2, 0) is 15.1 Å². The summed E-state index contributed by atoms with van der Waals surface area (Å²) in [6.45, 7) is 9.15. The van der Waals surface area contributed by atoms with E-state index in [2.05, 4.69) is 9.88 Å². The zero-order chi connectivity index (χ0) is 25.0. The van der Waals surface area contributed by atoms with Crippen LogP contribution in [0, 0.1) is 5.92 Å². The van der Waals surface area contributed by atoms with Gasteiger partial charge in [-0.15, -0.1) is 0 Å². The number of aromatic amines is 1. The summed E-state index contributed by atoms with van der Waals surface area (Å²) in [6, 6.07) is 5.41. The van der Waals surface area contributed by atoms with Crippen molar-refractivity contribution >= 4 is 28.9 Å². The van der Waals surface area contributed by atoms with Crippen molar-refractivity contribution in [1.29, 1.82) is 0 Å². The summed E-state index contributed by atoms with van der Waals surface area (Å²) < 4.78 is 5.44. The van der Waals surface area contributed by atoms with Crippen LogP contribution in [0.25, 0.3) is 11.0 Å². The van der Waals surface area contributed by atoms with Crippen molar-refractivity contribution in [3.63, 3.8) is 0 Å². The minimum atomic E-state index is -0.530. The van der Waals surface area contributed by atoms with Gasteiger partial charge in [0.25, 0.3) is 5.91 Å². The van der Waals surface area contributed by atoms with E-state index in [1.165, 1.54) is 0 Å². The number of rotatable bonds is 5. The van der Waals surface area contributed by atoms with Crippen molar-refractivity contribution in [3.05, 3.63) is 29.6 Å². The van der Waals surface area contributed by atoms with Crippen LogP contribution >= 0.6 is 0 Å². The van der Waals surface area contributed by atoms with Crippen LogP contribution in [0.15, 0.2) is 18.2 Å². The smallest absolute Gasteiger partial charge is 0.410 e. The number of primary amides is 1. The first-order chi connectivity index (χ1) is 16.6. The molecule has 188 valence electrons. The molecule has 6 rings (SSSR count). The molecule has 0 atom stereocenters. The molecule has 1 aromatic heterocycles. The van der Waals surface area contributed by atoms with Crippen LogP contribution in [0.5, 0.6) is 0 Å². The number of nitrogens with two attached hydrogens (primary N) is 1. The average molecular weight is 483 g/mol. The number of para-hydroxylation sites is 1. The van der Waals surface area contributed by atoms with Crippen LogP contribution in [0.1, 0.15) is 56.2 Å². The molecule has 4 fully saturated rings. The summed E-state index contributed by atoms with van der Waals surface area (Å²) in [4.78, 5) is 51.2. The van der Waals surface area contributed by atoms with Crippen LogP contribution in [0.2, 0.25) is 0 Å². The van der Waals surface area contributed by atoms with E-state index in [1.54, 1.807) is 17.0 Å². The van der Waals surface area contributed by atoms with Gasteiger partial charge in [0.1, 0.15) is 16.9 Å². The molecular formula is C25H34N6O4. The number of nitrogens with one attached hydrogen (secondary N) is 1. The Morgan fingerprint density at radius 2 is 1.83 bits per heavy atom. The standard InChI is InChI=1S/C25H34N6O4/c1-24(2,3)35-23(34)30-11-9-29(10-12-30)19(32)7-8-31-15-16-13-25(31,14-16)22-27-18-6-4-5-17(21(26)33)20(18)28-22/h4-6,16H,7-15H2,1-3H3,(H2,26,33)(H,27,28). The maximum Gasteiger partial charge on any atom is 0.410 e. The Kier molecular flexibility index (Phi) is 5.74. The Hall–Kier alpha value is -3.14. The molecule has 1 saturated carbocycles. The molecule has 1 aliphatic carbocycles. The number of piperazine rings is 1. The van der Waals surface area contributed by atoms with Gasteiger partial charge in [-0.2, -0.15) is 0 Å². The van der Waals surface area contributed by atoms with Gasteiger partial charge in [-0.1, -0.05) is 6.07 Å². The van der Waals surface area contributed by atoms with E-state index in [9.17, 15) is 14.4 Å². The van der Waals surface area contributed by atoms with Gasteiger partial charge >= 0.3 is 6.09 Å². The Labute approximate surface area is 204 Å².